The third kappa shape index (κ3) is 2.80. The Morgan fingerprint density at radius 3 is 2.73 bits per heavy atom. The minimum absolute atomic E-state index is 0.344. The van der Waals surface area contributed by atoms with E-state index in [1.165, 1.54) is 6.07 Å². The standard InChI is InChI=1S/C20H15ClFN3O/c1-11-8-19(26-2)23-10-12(11)15-6-7-16-17(24-15)9-18(25-16)20-13(21)4-3-5-14(20)22/h3-10,25H,1-2H3. The fourth-order valence-electron chi connectivity index (χ4n) is 2.96. The van der Waals surface area contributed by atoms with Crippen molar-refractivity contribution in [2.24, 2.45) is 0 Å². The molecule has 0 amide bonds. The third-order valence-corrected chi connectivity index (χ3v) is 4.59. The Hall–Kier alpha value is -2.92. The van der Waals surface area contributed by atoms with Gasteiger partial charge in [0, 0.05) is 17.8 Å². The highest BCUT2D eigenvalue weighted by atomic mass is 35.5. The largest absolute Gasteiger partial charge is 0.481 e. The van der Waals surface area contributed by atoms with Crippen LogP contribution in [0, 0.1) is 12.7 Å². The van der Waals surface area contributed by atoms with Crippen LogP contribution in [0.1, 0.15) is 5.56 Å². The van der Waals surface area contributed by atoms with Gasteiger partial charge in [-0.15, -0.1) is 0 Å². The molecule has 0 aliphatic heterocycles. The molecule has 130 valence electrons. The molecule has 4 aromatic rings. The number of aromatic amines is 1. The van der Waals surface area contributed by atoms with Crippen molar-refractivity contribution in [1.82, 2.24) is 15.0 Å². The molecule has 1 N–H and O–H groups in total. The first-order valence-electron chi connectivity index (χ1n) is 8.02. The number of nitrogens with one attached hydrogen (secondary N) is 1. The summed E-state index contributed by atoms with van der Waals surface area (Å²) in [5.41, 5.74) is 5.19. The molecule has 6 heteroatoms. The monoisotopic (exact) mass is 367 g/mol. The molecule has 0 radical (unpaired) electrons. The predicted octanol–water partition coefficient (Wildman–Crippen LogP) is 5.40. The van der Waals surface area contributed by atoms with Crippen molar-refractivity contribution < 1.29 is 9.13 Å². The van der Waals surface area contributed by atoms with Crippen molar-refractivity contribution in [2.75, 3.05) is 7.11 Å². The molecule has 26 heavy (non-hydrogen) atoms. The molecule has 0 saturated heterocycles. The van der Waals surface area contributed by atoms with Gasteiger partial charge in [-0.3, -0.25) is 0 Å². The average Bonchev–Trinajstić information content (AvgIpc) is 3.04. The van der Waals surface area contributed by atoms with Crippen LogP contribution < -0.4 is 4.74 Å². The lowest BCUT2D eigenvalue weighted by Gasteiger charge is -2.06. The van der Waals surface area contributed by atoms with Crippen LogP contribution in [-0.4, -0.2) is 22.1 Å². The zero-order valence-electron chi connectivity index (χ0n) is 14.2. The number of halogens is 2. The molecule has 0 saturated carbocycles. The number of ether oxygens (including phenoxy) is 1. The van der Waals surface area contributed by atoms with E-state index in [4.69, 9.17) is 16.3 Å². The highest BCUT2D eigenvalue weighted by molar-refractivity contribution is 6.33. The summed E-state index contributed by atoms with van der Waals surface area (Å²) in [6, 6.07) is 12.1. The first-order chi connectivity index (χ1) is 12.6. The zero-order valence-corrected chi connectivity index (χ0v) is 14.9. The quantitative estimate of drug-likeness (QED) is 0.527. The highest BCUT2D eigenvalue weighted by Crippen LogP contribution is 2.33. The lowest BCUT2D eigenvalue weighted by Crippen LogP contribution is -1.92. The van der Waals surface area contributed by atoms with Crippen molar-refractivity contribution in [1.29, 1.82) is 0 Å². The number of rotatable bonds is 3. The summed E-state index contributed by atoms with van der Waals surface area (Å²) in [6.45, 7) is 1.98. The molecular formula is C20H15ClFN3O. The van der Waals surface area contributed by atoms with E-state index in [0.29, 0.717) is 22.2 Å². The Labute approximate surface area is 154 Å². The van der Waals surface area contributed by atoms with Crippen molar-refractivity contribution >= 4 is 22.6 Å². The normalized spacial score (nSPS) is 11.1. The van der Waals surface area contributed by atoms with E-state index in [-0.39, 0.29) is 5.82 Å². The molecule has 0 atom stereocenters. The summed E-state index contributed by atoms with van der Waals surface area (Å²) in [6.07, 6.45) is 1.74. The van der Waals surface area contributed by atoms with Crippen LogP contribution in [0.15, 0.2) is 48.7 Å². The first kappa shape index (κ1) is 16.5. The SMILES string of the molecule is COc1cc(C)c(-c2ccc3[nH]c(-c4c(F)cccc4Cl)cc3n2)cn1. The fourth-order valence-corrected chi connectivity index (χ4v) is 3.22. The van der Waals surface area contributed by atoms with Gasteiger partial charge in [-0.25, -0.2) is 14.4 Å². The molecule has 0 spiro atoms. The molecule has 4 nitrogen and oxygen atoms in total. The number of pyridine rings is 2. The van der Waals surface area contributed by atoms with E-state index in [0.717, 1.165) is 27.9 Å². The van der Waals surface area contributed by atoms with Crippen LogP contribution in [0.5, 0.6) is 5.88 Å². The smallest absolute Gasteiger partial charge is 0.213 e. The first-order valence-corrected chi connectivity index (χ1v) is 8.40. The maximum Gasteiger partial charge on any atom is 0.213 e. The number of hydrogen-bond acceptors (Lipinski definition) is 3. The van der Waals surface area contributed by atoms with Gasteiger partial charge in [-0.05, 0) is 42.8 Å². The van der Waals surface area contributed by atoms with E-state index in [1.54, 1.807) is 31.5 Å². The van der Waals surface area contributed by atoms with Crippen LogP contribution >= 0.6 is 11.6 Å². The van der Waals surface area contributed by atoms with Crippen LogP contribution in [0.2, 0.25) is 5.02 Å². The van der Waals surface area contributed by atoms with Crippen LogP contribution in [0.3, 0.4) is 0 Å². The molecule has 0 fully saturated rings. The molecule has 0 unspecified atom stereocenters. The van der Waals surface area contributed by atoms with Gasteiger partial charge in [-0.1, -0.05) is 17.7 Å². The minimum Gasteiger partial charge on any atom is -0.481 e. The van der Waals surface area contributed by atoms with E-state index in [1.807, 2.05) is 25.1 Å². The van der Waals surface area contributed by atoms with E-state index in [9.17, 15) is 4.39 Å². The number of nitrogens with zero attached hydrogens (tertiary/aromatic N) is 2. The lowest BCUT2D eigenvalue weighted by molar-refractivity contribution is 0.397. The van der Waals surface area contributed by atoms with Gasteiger partial charge in [-0.2, -0.15) is 0 Å². The van der Waals surface area contributed by atoms with Crippen LogP contribution in [0.25, 0.3) is 33.5 Å². The number of benzene rings is 1. The lowest BCUT2D eigenvalue weighted by atomic mass is 10.1. The van der Waals surface area contributed by atoms with Gasteiger partial charge in [0.2, 0.25) is 5.88 Å². The Bertz CT molecular complexity index is 1100. The van der Waals surface area contributed by atoms with Crippen molar-refractivity contribution in [2.45, 2.75) is 6.92 Å². The van der Waals surface area contributed by atoms with Crippen molar-refractivity contribution in [3.63, 3.8) is 0 Å². The topological polar surface area (TPSA) is 50.8 Å². The van der Waals surface area contributed by atoms with E-state index in [2.05, 4.69) is 15.0 Å². The molecule has 3 aromatic heterocycles. The van der Waals surface area contributed by atoms with Gasteiger partial charge < -0.3 is 9.72 Å². The van der Waals surface area contributed by atoms with E-state index < -0.39 is 0 Å². The number of H-pyrrole nitrogens is 1. The summed E-state index contributed by atoms with van der Waals surface area (Å²) < 4.78 is 19.3. The van der Waals surface area contributed by atoms with Crippen molar-refractivity contribution in [3.8, 4) is 28.4 Å². The Balaban J connectivity index is 1.82. The summed E-state index contributed by atoms with van der Waals surface area (Å²) in [4.78, 5) is 12.1. The zero-order chi connectivity index (χ0) is 18.3. The number of fused-ring (bicyclic) bond motifs is 1. The Morgan fingerprint density at radius 1 is 1.15 bits per heavy atom. The molecule has 0 aliphatic rings. The molecule has 0 aliphatic carbocycles. The van der Waals surface area contributed by atoms with Crippen LogP contribution in [0.4, 0.5) is 4.39 Å². The molecule has 0 bridgehead atoms. The summed E-state index contributed by atoms with van der Waals surface area (Å²) in [5.74, 6) is 0.185. The maximum absolute atomic E-state index is 14.2. The highest BCUT2D eigenvalue weighted by Gasteiger charge is 2.14. The van der Waals surface area contributed by atoms with Gasteiger partial charge >= 0.3 is 0 Å². The number of hydrogen-bond donors (Lipinski definition) is 1. The molecule has 1 aromatic carbocycles. The molecule has 4 rings (SSSR count). The third-order valence-electron chi connectivity index (χ3n) is 4.28. The number of aromatic nitrogens is 3. The van der Waals surface area contributed by atoms with Crippen LogP contribution in [-0.2, 0) is 0 Å². The predicted molar refractivity (Wildman–Crippen MR) is 101 cm³/mol. The van der Waals surface area contributed by atoms with E-state index >= 15 is 0 Å². The number of aryl methyl sites for hydroxylation is 1. The molecular weight excluding hydrogens is 353 g/mol. The summed E-state index contributed by atoms with van der Waals surface area (Å²) in [5, 5.41) is 0.354. The van der Waals surface area contributed by atoms with Crippen molar-refractivity contribution in [3.05, 3.63) is 65.1 Å². The fraction of sp³-hybridized carbons (Fsp3) is 0.100. The summed E-state index contributed by atoms with van der Waals surface area (Å²) >= 11 is 6.17. The van der Waals surface area contributed by atoms with Gasteiger partial charge in [0.05, 0.1) is 40.1 Å². The summed E-state index contributed by atoms with van der Waals surface area (Å²) in [7, 11) is 1.58. The van der Waals surface area contributed by atoms with Gasteiger partial charge in [0.25, 0.3) is 0 Å². The molecule has 3 heterocycles. The van der Waals surface area contributed by atoms with Gasteiger partial charge in [0.15, 0.2) is 0 Å². The Kier molecular flexibility index (Phi) is 4.09. The maximum atomic E-state index is 14.2. The van der Waals surface area contributed by atoms with Gasteiger partial charge in [0.1, 0.15) is 5.82 Å². The second kappa shape index (κ2) is 6.42. The average molecular weight is 368 g/mol. The second-order valence-corrected chi connectivity index (χ2v) is 6.36. The second-order valence-electron chi connectivity index (χ2n) is 5.95. The number of methoxy groups -OCH3 is 1. The Morgan fingerprint density at radius 2 is 2.00 bits per heavy atom. The minimum atomic E-state index is -0.375.